The predicted molar refractivity (Wildman–Crippen MR) is 95.5 cm³/mol. The fraction of sp³-hybridized carbons (Fsp3) is 0.438. The molecule has 1 N–H and O–H groups in total. The minimum absolute atomic E-state index is 0.117. The zero-order chi connectivity index (χ0) is 16.2. The molecule has 7 heteroatoms. The van der Waals surface area contributed by atoms with Gasteiger partial charge in [0, 0.05) is 18.8 Å². The van der Waals surface area contributed by atoms with Crippen LogP contribution in [0.1, 0.15) is 25.3 Å². The number of anilines is 2. The van der Waals surface area contributed by atoms with Crippen molar-refractivity contribution >= 4 is 39.8 Å². The minimum Gasteiger partial charge on any atom is -0.342 e. The lowest BCUT2D eigenvalue weighted by Crippen LogP contribution is -2.33. The van der Waals surface area contributed by atoms with Gasteiger partial charge in [-0.05, 0) is 38.8 Å². The molecular formula is C16H20N4OS2. The van der Waals surface area contributed by atoms with E-state index in [1.54, 1.807) is 0 Å². The first-order valence-electron chi connectivity index (χ1n) is 7.74. The van der Waals surface area contributed by atoms with E-state index in [2.05, 4.69) is 34.6 Å². The topological polar surface area (TPSA) is 58.1 Å². The quantitative estimate of drug-likeness (QED) is 0.835. The second-order valence-electron chi connectivity index (χ2n) is 5.66. The molecule has 0 unspecified atom stereocenters. The number of likely N-dealkylation sites (tertiary alicyclic amines) is 1. The van der Waals surface area contributed by atoms with E-state index in [0.717, 1.165) is 41.1 Å². The van der Waals surface area contributed by atoms with Crippen LogP contribution in [0.2, 0.25) is 0 Å². The second kappa shape index (κ2) is 7.31. The highest BCUT2D eigenvalue weighted by molar-refractivity contribution is 8.02. The van der Waals surface area contributed by atoms with Gasteiger partial charge in [-0.2, -0.15) is 0 Å². The Labute approximate surface area is 144 Å². The molecule has 5 nitrogen and oxygen atoms in total. The fourth-order valence-corrected chi connectivity index (χ4v) is 4.46. The first kappa shape index (κ1) is 16.3. The number of carbonyl (C=O) groups is 1. The standard InChI is InChI=1S/C16H20N4OS2/c1-11-5-7-13(8-6-11)17-15-18-19-16(23-15)22-12(2)14(21)20-9-3-4-10-20/h5-8,12H,3-4,9-10H2,1-2H3,(H,17,18)/t12-/m1/s1. The smallest absolute Gasteiger partial charge is 0.235 e. The lowest BCUT2D eigenvalue weighted by molar-refractivity contribution is -0.129. The average molecular weight is 348 g/mol. The Bertz CT molecular complexity index is 665. The van der Waals surface area contributed by atoms with Gasteiger partial charge in [-0.15, -0.1) is 10.2 Å². The van der Waals surface area contributed by atoms with Gasteiger partial charge in [0.2, 0.25) is 11.0 Å². The third kappa shape index (κ3) is 4.23. The number of benzene rings is 1. The number of thioether (sulfide) groups is 1. The van der Waals surface area contributed by atoms with Crippen LogP contribution >= 0.6 is 23.1 Å². The molecule has 0 saturated carbocycles. The van der Waals surface area contributed by atoms with Gasteiger partial charge >= 0.3 is 0 Å². The van der Waals surface area contributed by atoms with Crippen LogP contribution in [0, 0.1) is 6.92 Å². The Morgan fingerprint density at radius 2 is 1.96 bits per heavy atom. The molecule has 1 fully saturated rings. The van der Waals surface area contributed by atoms with Gasteiger partial charge in [-0.25, -0.2) is 0 Å². The zero-order valence-corrected chi connectivity index (χ0v) is 14.9. The van der Waals surface area contributed by atoms with E-state index in [1.807, 2.05) is 24.0 Å². The number of carbonyl (C=O) groups excluding carboxylic acids is 1. The summed E-state index contributed by atoms with van der Waals surface area (Å²) in [5.41, 5.74) is 2.21. The van der Waals surface area contributed by atoms with Crippen molar-refractivity contribution in [3.8, 4) is 0 Å². The maximum Gasteiger partial charge on any atom is 0.235 e. The Morgan fingerprint density at radius 1 is 1.26 bits per heavy atom. The van der Waals surface area contributed by atoms with E-state index in [1.165, 1.54) is 28.7 Å². The van der Waals surface area contributed by atoms with Crippen LogP contribution in [0.3, 0.4) is 0 Å². The summed E-state index contributed by atoms with van der Waals surface area (Å²) in [6.45, 7) is 5.78. The van der Waals surface area contributed by atoms with Crippen molar-refractivity contribution in [1.29, 1.82) is 0 Å². The molecule has 1 aromatic carbocycles. The summed E-state index contributed by atoms with van der Waals surface area (Å²) in [5, 5.41) is 12.2. The number of aryl methyl sites for hydroxylation is 1. The van der Waals surface area contributed by atoms with Crippen molar-refractivity contribution in [2.75, 3.05) is 18.4 Å². The Balaban J connectivity index is 1.58. The van der Waals surface area contributed by atoms with Crippen molar-refractivity contribution in [2.24, 2.45) is 0 Å². The molecule has 23 heavy (non-hydrogen) atoms. The van der Waals surface area contributed by atoms with Crippen LogP contribution in [-0.2, 0) is 4.79 Å². The summed E-state index contributed by atoms with van der Waals surface area (Å²) in [6.07, 6.45) is 2.24. The van der Waals surface area contributed by atoms with Crippen LogP contribution in [-0.4, -0.2) is 39.3 Å². The van der Waals surface area contributed by atoms with Crippen molar-refractivity contribution < 1.29 is 4.79 Å². The summed E-state index contributed by atoms with van der Waals surface area (Å²) in [4.78, 5) is 14.3. The van der Waals surface area contributed by atoms with Crippen molar-refractivity contribution in [1.82, 2.24) is 15.1 Å². The van der Waals surface area contributed by atoms with Gasteiger partial charge in [0.1, 0.15) is 0 Å². The zero-order valence-electron chi connectivity index (χ0n) is 13.3. The third-order valence-electron chi connectivity index (χ3n) is 3.75. The monoisotopic (exact) mass is 348 g/mol. The van der Waals surface area contributed by atoms with Crippen molar-refractivity contribution in [3.63, 3.8) is 0 Å². The van der Waals surface area contributed by atoms with Gasteiger partial charge in [-0.3, -0.25) is 4.79 Å². The van der Waals surface area contributed by atoms with E-state index in [9.17, 15) is 4.79 Å². The number of rotatable bonds is 5. The molecular weight excluding hydrogens is 328 g/mol. The molecule has 0 radical (unpaired) electrons. The fourth-order valence-electron chi connectivity index (χ4n) is 2.46. The van der Waals surface area contributed by atoms with Gasteiger partial charge in [0.05, 0.1) is 5.25 Å². The van der Waals surface area contributed by atoms with E-state index >= 15 is 0 Å². The van der Waals surface area contributed by atoms with E-state index < -0.39 is 0 Å². The third-order valence-corrected chi connectivity index (χ3v) is 5.76. The van der Waals surface area contributed by atoms with E-state index in [-0.39, 0.29) is 11.2 Å². The summed E-state index contributed by atoms with van der Waals surface area (Å²) in [7, 11) is 0. The molecule has 1 aromatic heterocycles. The molecule has 1 amide bonds. The molecule has 2 aromatic rings. The molecule has 1 aliphatic rings. The Kier molecular flexibility index (Phi) is 5.17. The first-order chi connectivity index (χ1) is 11.1. The Hall–Kier alpha value is -1.60. The average Bonchev–Trinajstić information content (AvgIpc) is 3.21. The van der Waals surface area contributed by atoms with Gasteiger partial charge in [-0.1, -0.05) is 40.8 Å². The Morgan fingerprint density at radius 3 is 2.65 bits per heavy atom. The summed E-state index contributed by atoms with van der Waals surface area (Å²) >= 11 is 2.97. The maximum absolute atomic E-state index is 12.3. The van der Waals surface area contributed by atoms with E-state index in [4.69, 9.17) is 0 Å². The lowest BCUT2D eigenvalue weighted by Gasteiger charge is -2.18. The van der Waals surface area contributed by atoms with Crippen molar-refractivity contribution in [2.45, 2.75) is 36.3 Å². The molecule has 3 rings (SSSR count). The van der Waals surface area contributed by atoms with Gasteiger partial charge < -0.3 is 10.2 Å². The summed E-state index contributed by atoms with van der Waals surface area (Å²) in [6, 6.07) is 8.14. The van der Waals surface area contributed by atoms with Gasteiger partial charge in [0.15, 0.2) is 4.34 Å². The molecule has 0 aliphatic carbocycles. The number of hydrogen-bond donors (Lipinski definition) is 1. The van der Waals surface area contributed by atoms with Crippen molar-refractivity contribution in [3.05, 3.63) is 29.8 Å². The van der Waals surface area contributed by atoms with Crippen LogP contribution in [0.5, 0.6) is 0 Å². The van der Waals surface area contributed by atoms with Crippen LogP contribution in [0.15, 0.2) is 28.6 Å². The molecule has 1 aliphatic heterocycles. The molecule has 1 saturated heterocycles. The number of hydrogen-bond acceptors (Lipinski definition) is 6. The summed E-state index contributed by atoms with van der Waals surface area (Å²) in [5.74, 6) is 0.204. The lowest BCUT2D eigenvalue weighted by atomic mass is 10.2. The van der Waals surface area contributed by atoms with Gasteiger partial charge in [0.25, 0.3) is 0 Å². The second-order valence-corrected chi connectivity index (χ2v) is 8.22. The van der Waals surface area contributed by atoms with E-state index in [0.29, 0.717) is 0 Å². The highest BCUT2D eigenvalue weighted by atomic mass is 32.2. The normalized spacial score (nSPS) is 15.7. The number of amides is 1. The van der Waals surface area contributed by atoms with Crippen LogP contribution in [0.4, 0.5) is 10.8 Å². The summed E-state index contributed by atoms with van der Waals surface area (Å²) < 4.78 is 0.819. The number of aromatic nitrogens is 2. The maximum atomic E-state index is 12.3. The highest BCUT2D eigenvalue weighted by Crippen LogP contribution is 2.31. The minimum atomic E-state index is -0.117. The highest BCUT2D eigenvalue weighted by Gasteiger charge is 2.25. The van der Waals surface area contributed by atoms with Crippen LogP contribution < -0.4 is 5.32 Å². The predicted octanol–water partition coefficient (Wildman–Crippen LogP) is 3.69. The SMILES string of the molecule is Cc1ccc(Nc2nnc(S[C@H](C)C(=O)N3CCCC3)s2)cc1. The molecule has 0 bridgehead atoms. The van der Waals surface area contributed by atoms with Crippen LogP contribution in [0.25, 0.3) is 0 Å². The molecule has 0 spiro atoms. The first-order valence-corrected chi connectivity index (χ1v) is 9.44. The number of nitrogens with one attached hydrogen (secondary N) is 1. The largest absolute Gasteiger partial charge is 0.342 e. The molecule has 122 valence electrons. The molecule has 1 atom stereocenters. The molecule has 2 heterocycles. The number of nitrogens with zero attached hydrogens (tertiary/aromatic N) is 3.